The lowest BCUT2D eigenvalue weighted by molar-refractivity contribution is -0.132. The molecule has 0 saturated carbocycles. The van der Waals surface area contributed by atoms with E-state index >= 15 is 0 Å². The smallest absolute Gasteiger partial charge is 0.241 e. The Balaban J connectivity index is 2.04. The molecule has 0 aromatic heterocycles. The number of nitrogens with one attached hydrogen (secondary N) is 2. The van der Waals surface area contributed by atoms with E-state index < -0.39 is 0 Å². The molecular weight excluding hydrogens is 266 g/mol. The summed E-state index contributed by atoms with van der Waals surface area (Å²) < 4.78 is 0. The van der Waals surface area contributed by atoms with Crippen LogP contribution in [0.25, 0.3) is 0 Å². The number of carbonyl (C=O) groups excluding carboxylic acids is 2. The van der Waals surface area contributed by atoms with Gasteiger partial charge in [-0.15, -0.1) is 0 Å². The summed E-state index contributed by atoms with van der Waals surface area (Å²) in [6.07, 6.45) is 0.737. The average Bonchev–Trinajstić information content (AvgIpc) is 2.50. The van der Waals surface area contributed by atoms with Gasteiger partial charge in [-0.3, -0.25) is 9.59 Å². The van der Waals surface area contributed by atoms with E-state index in [4.69, 9.17) is 0 Å². The predicted molar refractivity (Wildman–Crippen MR) is 83.2 cm³/mol. The van der Waals surface area contributed by atoms with Gasteiger partial charge in [0.15, 0.2) is 0 Å². The number of fused-ring (bicyclic) bond motifs is 1. The minimum Gasteiger partial charge on any atom is -0.382 e. The molecule has 2 N–H and O–H groups in total. The zero-order valence-corrected chi connectivity index (χ0v) is 12.8. The fourth-order valence-corrected chi connectivity index (χ4v) is 2.58. The second-order valence-electron chi connectivity index (χ2n) is 5.55. The number of benzene rings is 1. The van der Waals surface area contributed by atoms with E-state index in [-0.39, 0.29) is 30.3 Å². The van der Waals surface area contributed by atoms with E-state index in [0.717, 1.165) is 17.7 Å². The standard InChI is InChI=1S/C16H23N3O2/c1-4-19(3)15(20)10-17-16(21)13-9-11(2)18-14-8-6-5-7-12(13)14/h5-8,11,13,18H,4,9-10H2,1-3H3,(H,17,21). The number of nitrogens with zero attached hydrogens (tertiary/aromatic N) is 1. The Bertz CT molecular complexity index is 530. The highest BCUT2D eigenvalue weighted by Gasteiger charge is 2.29. The second-order valence-corrected chi connectivity index (χ2v) is 5.55. The number of hydrogen-bond acceptors (Lipinski definition) is 3. The lowest BCUT2D eigenvalue weighted by atomic mass is 9.87. The van der Waals surface area contributed by atoms with Crippen molar-refractivity contribution in [3.05, 3.63) is 29.8 Å². The molecule has 5 nitrogen and oxygen atoms in total. The van der Waals surface area contributed by atoms with Gasteiger partial charge in [-0.25, -0.2) is 0 Å². The molecule has 0 bridgehead atoms. The van der Waals surface area contributed by atoms with E-state index in [0.29, 0.717) is 6.54 Å². The molecule has 1 aliphatic rings. The van der Waals surface area contributed by atoms with Gasteiger partial charge in [-0.05, 0) is 31.9 Å². The third-order valence-corrected chi connectivity index (χ3v) is 3.96. The van der Waals surface area contributed by atoms with Gasteiger partial charge >= 0.3 is 0 Å². The van der Waals surface area contributed by atoms with E-state index in [1.807, 2.05) is 31.2 Å². The van der Waals surface area contributed by atoms with Crippen molar-refractivity contribution in [2.45, 2.75) is 32.2 Å². The topological polar surface area (TPSA) is 61.4 Å². The van der Waals surface area contributed by atoms with Gasteiger partial charge in [-0.1, -0.05) is 18.2 Å². The van der Waals surface area contributed by atoms with Crippen LogP contribution >= 0.6 is 0 Å². The Hall–Kier alpha value is -2.04. The summed E-state index contributed by atoms with van der Waals surface area (Å²) in [6, 6.07) is 8.09. The quantitative estimate of drug-likeness (QED) is 0.884. The molecule has 0 saturated heterocycles. The molecule has 0 spiro atoms. The number of hydrogen-bond donors (Lipinski definition) is 2. The van der Waals surface area contributed by atoms with E-state index in [2.05, 4.69) is 17.6 Å². The van der Waals surface area contributed by atoms with Gasteiger partial charge in [0.25, 0.3) is 0 Å². The van der Waals surface area contributed by atoms with Gasteiger partial charge in [0.05, 0.1) is 12.5 Å². The van der Waals surface area contributed by atoms with Gasteiger partial charge < -0.3 is 15.5 Å². The Labute approximate surface area is 125 Å². The first-order valence-corrected chi connectivity index (χ1v) is 7.40. The molecule has 1 aliphatic heterocycles. The summed E-state index contributed by atoms with van der Waals surface area (Å²) >= 11 is 0. The van der Waals surface area contributed by atoms with Gasteiger partial charge in [0, 0.05) is 25.3 Å². The minimum absolute atomic E-state index is 0.0592. The highest BCUT2D eigenvalue weighted by Crippen LogP contribution is 2.33. The van der Waals surface area contributed by atoms with Crippen molar-refractivity contribution in [2.75, 3.05) is 25.5 Å². The van der Waals surface area contributed by atoms with Crippen molar-refractivity contribution < 1.29 is 9.59 Å². The molecule has 2 unspecified atom stereocenters. The highest BCUT2D eigenvalue weighted by atomic mass is 16.2. The third kappa shape index (κ3) is 3.54. The van der Waals surface area contributed by atoms with Crippen LogP contribution < -0.4 is 10.6 Å². The number of rotatable bonds is 4. The molecule has 1 aromatic rings. The zero-order chi connectivity index (χ0) is 15.4. The zero-order valence-electron chi connectivity index (χ0n) is 12.8. The SMILES string of the molecule is CCN(C)C(=O)CNC(=O)C1CC(C)Nc2ccccc21. The van der Waals surface area contributed by atoms with Crippen LogP contribution in [0.2, 0.25) is 0 Å². The maximum Gasteiger partial charge on any atom is 0.241 e. The number of amides is 2. The molecule has 1 aromatic carbocycles. The molecule has 5 heteroatoms. The first-order valence-electron chi connectivity index (χ1n) is 7.40. The Morgan fingerprint density at radius 2 is 2.10 bits per heavy atom. The Morgan fingerprint density at radius 1 is 1.38 bits per heavy atom. The fraction of sp³-hybridized carbons (Fsp3) is 0.500. The Kier molecular flexibility index (Phi) is 4.83. The van der Waals surface area contributed by atoms with Gasteiger partial charge in [-0.2, -0.15) is 0 Å². The maximum absolute atomic E-state index is 12.4. The van der Waals surface area contributed by atoms with Crippen LogP contribution in [0.4, 0.5) is 5.69 Å². The normalized spacial score (nSPS) is 20.1. The fourth-order valence-electron chi connectivity index (χ4n) is 2.58. The second kappa shape index (κ2) is 6.61. The largest absolute Gasteiger partial charge is 0.382 e. The van der Waals surface area contributed by atoms with Crippen LogP contribution in [0.15, 0.2) is 24.3 Å². The van der Waals surface area contributed by atoms with Crippen molar-refractivity contribution in [3.8, 4) is 0 Å². The minimum atomic E-state index is -0.197. The van der Waals surface area contributed by atoms with Gasteiger partial charge in [0.1, 0.15) is 0 Å². The first kappa shape index (κ1) is 15.4. The number of likely N-dealkylation sites (N-methyl/N-ethyl adjacent to an activating group) is 1. The van der Waals surface area contributed by atoms with Gasteiger partial charge in [0.2, 0.25) is 11.8 Å². The van der Waals surface area contributed by atoms with E-state index in [1.54, 1.807) is 11.9 Å². The summed E-state index contributed by atoms with van der Waals surface area (Å²) in [4.78, 5) is 25.8. The van der Waals surface area contributed by atoms with Crippen LogP contribution in [0, 0.1) is 0 Å². The lowest BCUT2D eigenvalue weighted by Crippen LogP contribution is -2.41. The monoisotopic (exact) mass is 289 g/mol. The molecule has 1 heterocycles. The molecule has 114 valence electrons. The van der Waals surface area contributed by atoms with E-state index in [1.165, 1.54) is 0 Å². The molecule has 2 rings (SSSR count). The summed E-state index contributed by atoms with van der Waals surface area (Å²) in [5.74, 6) is -0.341. The molecular formula is C16H23N3O2. The summed E-state index contributed by atoms with van der Waals surface area (Å²) in [5.41, 5.74) is 2.01. The van der Waals surface area contributed by atoms with E-state index in [9.17, 15) is 9.59 Å². The first-order chi connectivity index (χ1) is 10.0. The Morgan fingerprint density at radius 3 is 2.81 bits per heavy atom. The van der Waals surface area contributed by atoms with Crippen molar-refractivity contribution in [3.63, 3.8) is 0 Å². The number of carbonyl (C=O) groups is 2. The van der Waals surface area contributed by atoms with Crippen LogP contribution in [0.5, 0.6) is 0 Å². The summed E-state index contributed by atoms with van der Waals surface area (Å²) in [7, 11) is 1.73. The summed E-state index contributed by atoms with van der Waals surface area (Å²) in [6.45, 7) is 4.67. The highest BCUT2D eigenvalue weighted by molar-refractivity contribution is 5.90. The van der Waals surface area contributed by atoms with Crippen LogP contribution in [0.3, 0.4) is 0 Å². The van der Waals surface area contributed by atoms with Crippen molar-refractivity contribution >= 4 is 17.5 Å². The predicted octanol–water partition coefficient (Wildman–Crippen LogP) is 1.57. The van der Waals surface area contributed by atoms with Crippen LogP contribution in [0.1, 0.15) is 31.7 Å². The summed E-state index contributed by atoms with van der Waals surface area (Å²) in [5, 5.41) is 6.15. The van der Waals surface area contributed by atoms with Crippen molar-refractivity contribution in [2.24, 2.45) is 0 Å². The van der Waals surface area contributed by atoms with Crippen molar-refractivity contribution in [1.82, 2.24) is 10.2 Å². The van der Waals surface area contributed by atoms with Crippen LogP contribution in [-0.4, -0.2) is 42.9 Å². The third-order valence-electron chi connectivity index (χ3n) is 3.96. The van der Waals surface area contributed by atoms with Crippen molar-refractivity contribution in [1.29, 1.82) is 0 Å². The molecule has 2 amide bonds. The molecule has 0 fully saturated rings. The molecule has 0 radical (unpaired) electrons. The number of para-hydroxylation sites is 1. The maximum atomic E-state index is 12.4. The molecule has 2 atom stereocenters. The molecule has 0 aliphatic carbocycles. The number of anilines is 1. The average molecular weight is 289 g/mol. The lowest BCUT2D eigenvalue weighted by Gasteiger charge is -2.30. The molecule has 21 heavy (non-hydrogen) atoms. The van der Waals surface area contributed by atoms with Crippen LogP contribution in [-0.2, 0) is 9.59 Å².